The number of amides is 1. The molecule has 1 aromatic rings. The largest absolute Gasteiger partial charge is 0.469 e. The Kier molecular flexibility index (Phi) is 5.35. The average Bonchev–Trinajstić information content (AvgIpc) is 2.78. The summed E-state index contributed by atoms with van der Waals surface area (Å²) in [4.78, 5) is 26.4. The van der Waals surface area contributed by atoms with Crippen molar-refractivity contribution in [1.82, 2.24) is 10.3 Å². The Morgan fingerprint density at radius 1 is 1.65 bits per heavy atom. The van der Waals surface area contributed by atoms with Crippen molar-refractivity contribution in [3.63, 3.8) is 0 Å². The third-order valence-corrected chi connectivity index (χ3v) is 2.55. The van der Waals surface area contributed by atoms with Gasteiger partial charge in [0.2, 0.25) is 5.91 Å². The zero-order valence-electron chi connectivity index (χ0n) is 9.67. The molecule has 0 unspecified atom stereocenters. The maximum absolute atomic E-state index is 11.4. The molecule has 0 aliphatic carbocycles. The van der Waals surface area contributed by atoms with Crippen LogP contribution in [0.5, 0.6) is 0 Å². The minimum Gasteiger partial charge on any atom is -0.469 e. The minimum absolute atomic E-state index is 0.160. The molecule has 6 heteroatoms. The molecule has 5 nitrogen and oxygen atoms in total. The van der Waals surface area contributed by atoms with Crippen molar-refractivity contribution < 1.29 is 14.3 Å². The monoisotopic (exact) mass is 254 g/mol. The number of ether oxygens (including phenoxy) is 1. The molecule has 0 aromatic carbocycles. The van der Waals surface area contributed by atoms with E-state index in [1.54, 1.807) is 18.5 Å². The van der Waals surface area contributed by atoms with Crippen LogP contribution < -0.4 is 5.32 Å². The Morgan fingerprint density at radius 2 is 2.41 bits per heavy atom. The van der Waals surface area contributed by atoms with E-state index < -0.39 is 0 Å². The molecule has 0 fully saturated rings. The first-order valence-corrected chi connectivity index (χ1v) is 5.99. The van der Waals surface area contributed by atoms with Crippen LogP contribution in [0.2, 0.25) is 0 Å². The topological polar surface area (TPSA) is 68.3 Å². The van der Waals surface area contributed by atoms with Gasteiger partial charge in [0.05, 0.1) is 24.7 Å². The van der Waals surface area contributed by atoms with Crippen LogP contribution in [0.3, 0.4) is 0 Å². The standard InChI is InChI=1S/C11H14N2O3S/c1-8(5-11(15)16-2)13-10(14)4-3-9-6-17-7-12-9/h3-4,6-8H,5H2,1-2H3,(H,13,14)/b4-3-/t8-/m1/s1. The molecule has 1 heterocycles. The highest BCUT2D eigenvalue weighted by molar-refractivity contribution is 7.07. The fourth-order valence-electron chi connectivity index (χ4n) is 1.14. The summed E-state index contributed by atoms with van der Waals surface area (Å²) in [6, 6.07) is -0.255. The summed E-state index contributed by atoms with van der Waals surface area (Å²) in [6.45, 7) is 1.74. The number of hydrogen-bond acceptors (Lipinski definition) is 5. The van der Waals surface area contributed by atoms with Crippen LogP contribution in [0.4, 0.5) is 0 Å². The Morgan fingerprint density at radius 3 is 3.00 bits per heavy atom. The highest BCUT2D eigenvalue weighted by atomic mass is 32.1. The molecule has 1 rings (SSSR count). The van der Waals surface area contributed by atoms with Gasteiger partial charge in [0, 0.05) is 17.5 Å². The highest BCUT2D eigenvalue weighted by Gasteiger charge is 2.10. The summed E-state index contributed by atoms with van der Waals surface area (Å²) in [5, 5.41) is 4.49. The fraction of sp³-hybridized carbons (Fsp3) is 0.364. The Balaban J connectivity index is 2.36. The van der Waals surface area contributed by atoms with E-state index in [0.29, 0.717) is 0 Å². The number of nitrogens with zero attached hydrogens (tertiary/aromatic N) is 1. The molecular weight excluding hydrogens is 240 g/mol. The molecule has 1 amide bonds. The second kappa shape index (κ2) is 6.80. The van der Waals surface area contributed by atoms with E-state index in [4.69, 9.17) is 0 Å². The summed E-state index contributed by atoms with van der Waals surface area (Å²) >= 11 is 1.46. The van der Waals surface area contributed by atoms with Gasteiger partial charge in [-0.15, -0.1) is 11.3 Å². The van der Waals surface area contributed by atoms with Gasteiger partial charge in [-0.05, 0) is 13.0 Å². The second-order valence-electron chi connectivity index (χ2n) is 3.44. The molecule has 0 aliphatic heterocycles. The molecule has 0 radical (unpaired) electrons. The smallest absolute Gasteiger partial charge is 0.307 e. The van der Waals surface area contributed by atoms with Crippen LogP contribution in [-0.2, 0) is 14.3 Å². The lowest BCUT2D eigenvalue weighted by Gasteiger charge is -2.10. The van der Waals surface area contributed by atoms with E-state index in [2.05, 4.69) is 15.0 Å². The van der Waals surface area contributed by atoms with Gasteiger partial charge in [0.1, 0.15) is 0 Å². The Hall–Kier alpha value is -1.69. The number of rotatable bonds is 5. The van der Waals surface area contributed by atoms with Crippen molar-refractivity contribution in [2.75, 3.05) is 7.11 Å². The predicted octanol–water partition coefficient (Wildman–Crippen LogP) is 1.22. The SMILES string of the molecule is COC(=O)C[C@@H](C)NC(=O)/C=C\c1cscn1. The molecule has 92 valence electrons. The number of esters is 1. The third kappa shape index (κ3) is 5.26. The number of hydrogen-bond donors (Lipinski definition) is 1. The van der Waals surface area contributed by atoms with Crippen LogP contribution >= 0.6 is 11.3 Å². The predicted molar refractivity (Wildman–Crippen MR) is 65.4 cm³/mol. The van der Waals surface area contributed by atoms with E-state index >= 15 is 0 Å². The van der Waals surface area contributed by atoms with Crippen LogP contribution in [0, 0.1) is 0 Å². The summed E-state index contributed by atoms with van der Waals surface area (Å²) in [5.74, 6) is -0.601. The fourth-order valence-corrected chi connectivity index (χ4v) is 1.66. The molecule has 0 aliphatic rings. The molecule has 0 saturated carbocycles. The number of thiazole rings is 1. The first-order valence-electron chi connectivity index (χ1n) is 5.05. The highest BCUT2D eigenvalue weighted by Crippen LogP contribution is 2.02. The number of carbonyl (C=O) groups excluding carboxylic acids is 2. The minimum atomic E-state index is -0.346. The van der Waals surface area contributed by atoms with E-state index in [-0.39, 0.29) is 24.3 Å². The van der Waals surface area contributed by atoms with Gasteiger partial charge in [-0.25, -0.2) is 4.98 Å². The average molecular weight is 254 g/mol. The maximum atomic E-state index is 11.4. The normalized spacial score (nSPS) is 12.4. The molecule has 0 spiro atoms. The zero-order chi connectivity index (χ0) is 12.7. The van der Waals surface area contributed by atoms with Gasteiger partial charge in [-0.3, -0.25) is 9.59 Å². The van der Waals surface area contributed by atoms with E-state index in [1.807, 2.05) is 5.38 Å². The molecule has 1 N–H and O–H groups in total. The molecule has 1 atom stereocenters. The molecule has 1 aromatic heterocycles. The Labute approximate surface area is 104 Å². The van der Waals surface area contributed by atoms with Crippen molar-refractivity contribution in [1.29, 1.82) is 0 Å². The van der Waals surface area contributed by atoms with Crippen LogP contribution in [0.1, 0.15) is 19.0 Å². The zero-order valence-corrected chi connectivity index (χ0v) is 10.5. The molecule has 0 saturated heterocycles. The first kappa shape index (κ1) is 13.4. The lowest BCUT2D eigenvalue weighted by Crippen LogP contribution is -2.33. The van der Waals surface area contributed by atoms with Crippen LogP contribution in [0.15, 0.2) is 17.0 Å². The van der Waals surface area contributed by atoms with Crippen LogP contribution in [0.25, 0.3) is 6.08 Å². The lowest BCUT2D eigenvalue weighted by atomic mass is 10.2. The number of methoxy groups -OCH3 is 1. The van der Waals surface area contributed by atoms with Crippen LogP contribution in [-0.4, -0.2) is 30.0 Å². The number of aromatic nitrogens is 1. The van der Waals surface area contributed by atoms with E-state index in [1.165, 1.54) is 24.5 Å². The van der Waals surface area contributed by atoms with Crippen molar-refractivity contribution >= 4 is 29.3 Å². The quantitative estimate of drug-likeness (QED) is 0.633. The van der Waals surface area contributed by atoms with Gasteiger partial charge >= 0.3 is 5.97 Å². The summed E-state index contributed by atoms with van der Waals surface area (Å²) < 4.78 is 4.50. The summed E-state index contributed by atoms with van der Waals surface area (Å²) in [6.07, 6.45) is 3.17. The lowest BCUT2D eigenvalue weighted by molar-refractivity contribution is -0.141. The first-order chi connectivity index (χ1) is 8.11. The molecule has 17 heavy (non-hydrogen) atoms. The number of nitrogens with one attached hydrogen (secondary N) is 1. The van der Waals surface area contributed by atoms with Gasteiger partial charge in [0.15, 0.2) is 0 Å². The number of carbonyl (C=O) groups is 2. The van der Waals surface area contributed by atoms with Gasteiger partial charge in [-0.2, -0.15) is 0 Å². The van der Waals surface area contributed by atoms with Gasteiger partial charge in [-0.1, -0.05) is 0 Å². The van der Waals surface area contributed by atoms with E-state index in [0.717, 1.165) is 5.69 Å². The van der Waals surface area contributed by atoms with Crippen molar-refractivity contribution in [2.24, 2.45) is 0 Å². The van der Waals surface area contributed by atoms with Crippen molar-refractivity contribution in [3.8, 4) is 0 Å². The second-order valence-corrected chi connectivity index (χ2v) is 4.16. The van der Waals surface area contributed by atoms with Gasteiger partial charge in [0.25, 0.3) is 0 Å². The van der Waals surface area contributed by atoms with E-state index in [9.17, 15) is 9.59 Å². The summed E-state index contributed by atoms with van der Waals surface area (Å²) in [7, 11) is 1.32. The third-order valence-electron chi connectivity index (χ3n) is 1.95. The summed E-state index contributed by atoms with van der Waals surface area (Å²) in [5.41, 5.74) is 2.43. The molecule has 0 bridgehead atoms. The Bertz CT molecular complexity index is 401. The van der Waals surface area contributed by atoms with Gasteiger partial charge < -0.3 is 10.1 Å². The maximum Gasteiger partial charge on any atom is 0.307 e. The van der Waals surface area contributed by atoms with Crippen molar-refractivity contribution in [2.45, 2.75) is 19.4 Å². The molecular formula is C11H14N2O3S. The van der Waals surface area contributed by atoms with Crippen molar-refractivity contribution in [3.05, 3.63) is 22.7 Å².